The van der Waals surface area contributed by atoms with Crippen molar-refractivity contribution in [3.8, 4) is 0 Å². The molecule has 2 N–H and O–H groups in total. The van der Waals surface area contributed by atoms with Crippen molar-refractivity contribution < 1.29 is 24.2 Å². The van der Waals surface area contributed by atoms with Gasteiger partial charge in [-0.2, -0.15) is 0 Å². The Morgan fingerprint density at radius 1 is 1.44 bits per heavy atom. The van der Waals surface area contributed by atoms with Crippen LogP contribution in [0.15, 0.2) is 34.0 Å². The Balaban J connectivity index is 2.02. The van der Waals surface area contributed by atoms with Gasteiger partial charge in [0.1, 0.15) is 17.5 Å². The molecule has 0 saturated carbocycles. The average Bonchev–Trinajstić information content (AvgIpc) is 2.93. The normalized spacial score (nSPS) is 34.8. The first-order valence-electron chi connectivity index (χ1n) is 8.65. The van der Waals surface area contributed by atoms with Crippen LogP contribution in [0.2, 0.25) is 0 Å². The number of aliphatic hydroxyl groups is 2. The minimum absolute atomic E-state index is 0.405. The third-order valence-corrected chi connectivity index (χ3v) is 6.20. The van der Waals surface area contributed by atoms with Crippen molar-refractivity contribution in [2.75, 3.05) is 0 Å². The molecule has 2 aliphatic rings. The number of carbonyl (C=O) groups excluding carboxylic acids is 1. The molecule has 0 saturated heterocycles. The summed E-state index contributed by atoms with van der Waals surface area (Å²) < 4.78 is 11.2. The number of fused-ring (bicyclic) bond motifs is 2. The minimum atomic E-state index is -1.42. The van der Waals surface area contributed by atoms with E-state index in [0.29, 0.717) is 18.4 Å². The summed E-state index contributed by atoms with van der Waals surface area (Å²) in [6.45, 7) is 8.81. The number of furan rings is 1. The second kappa shape index (κ2) is 5.85. The van der Waals surface area contributed by atoms with Gasteiger partial charge in [0.15, 0.2) is 0 Å². The van der Waals surface area contributed by atoms with E-state index in [-0.39, 0.29) is 0 Å². The van der Waals surface area contributed by atoms with Crippen LogP contribution in [0, 0.1) is 12.3 Å². The lowest BCUT2D eigenvalue weighted by Crippen LogP contribution is -2.60. The Hall–Kier alpha value is -1.85. The molecule has 1 heterocycles. The van der Waals surface area contributed by atoms with Crippen LogP contribution in [-0.2, 0) is 16.0 Å². The van der Waals surface area contributed by atoms with Gasteiger partial charge in [-0.05, 0) is 33.3 Å². The largest absolute Gasteiger partial charge is 0.468 e. The first-order chi connectivity index (χ1) is 11.6. The Kier molecular flexibility index (Phi) is 4.20. The molecule has 0 fully saturated rings. The van der Waals surface area contributed by atoms with Gasteiger partial charge in [-0.25, -0.2) is 4.79 Å². The van der Waals surface area contributed by atoms with E-state index in [4.69, 9.17) is 9.15 Å². The molecule has 0 radical (unpaired) electrons. The second-order valence-electron chi connectivity index (χ2n) is 7.52. The number of ether oxygens (including phenoxy) is 1. The van der Waals surface area contributed by atoms with E-state index in [1.165, 1.54) is 0 Å². The monoisotopic (exact) mass is 346 g/mol. The van der Waals surface area contributed by atoms with Gasteiger partial charge in [0, 0.05) is 24.0 Å². The highest BCUT2D eigenvalue weighted by Gasteiger charge is 2.60. The Morgan fingerprint density at radius 2 is 2.12 bits per heavy atom. The van der Waals surface area contributed by atoms with Crippen molar-refractivity contribution in [2.45, 2.75) is 65.3 Å². The molecule has 136 valence electrons. The lowest BCUT2D eigenvalue weighted by atomic mass is 9.55. The van der Waals surface area contributed by atoms with Gasteiger partial charge < -0.3 is 19.4 Å². The molecule has 0 aliphatic heterocycles. The number of carbonyl (C=O) groups is 1. The van der Waals surface area contributed by atoms with Crippen molar-refractivity contribution in [2.24, 2.45) is 5.41 Å². The second-order valence-corrected chi connectivity index (χ2v) is 7.52. The van der Waals surface area contributed by atoms with Crippen LogP contribution in [0.4, 0.5) is 0 Å². The summed E-state index contributed by atoms with van der Waals surface area (Å²) in [7, 11) is 0. The zero-order valence-electron chi connectivity index (χ0n) is 15.4. The van der Waals surface area contributed by atoms with Crippen LogP contribution in [0.3, 0.4) is 0 Å². The van der Waals surface area contributed by atoms with Gasteiger partial charge in [0.25, 0.3) is 0 Å². The van der Waals surface area contributed by atoms with Crippen LogP contribution in [0.25, 0.3) is 0 Å². The number of allylic oxidation sites excluding steroid dienone is 1. The number of esters is 1. The molecule has 4 atom stereocenters. The molecular weight excluding hydrogens is 320 g/mol. The standard InChI is InChI=1S/C20H26O5/c1-6-11(2)18(22)25-15-8-7-13-9-14-16(12(3)10-24-14)17(21)19(13,4)20(15,5)23/h6-7,10,15,17,21,23H,8-9H2,1-5H3. The lowest BCUT2D eigenvalue weighted by Gasteiger charge is -2.54. The predicted molar refractivity (Wildman–Crippen MR) is 92.9 cm³/mol. The summed E-state index contributed by atoms with van der Waals surface area (Å²) in [5.74, 6) is 0.295. The van der Waals surface area contributed by atoms with Crippen LogP contribution in [-0.4, -0.2) is 27.9 Å². The van der Waals surface area contributed by atoms with E-state index >= 15 is 0 Å². The summed E-state index contributed by atoms with van der Waals surface area (Å²) in [5.41, 5.74) is 0.636. The van der Waals surface area contributed by atoms with Gasteiger partial charge in [-0.1, -0.05) is 24.6 Å². The molecule has 1 aromatic rings. The van der Waals surface area contributed by atoms with Crippen LogP contribution in [0.5, 0.6) is 0 Å². The maximum Gasteiger partial charge on any atom is 0.333 e. The number of hydrogen-bond donors (Lipinski definition) is 2. The van der Waals surface area contributed by atoms with Crippen molar-refractivity contribution in [3.05, 3.63) is 46.4 Å². The van der Waals surface area contributed by atoms with Gasteiger partial charge >= 0.3 is 5.97 Å². The SMILES string of the molecule is CC=C(C)C(=O)OC1CC=C2Cc3occ(C)c3C(O)C2(C)C1(C)O. The number of hydrogen-bond acceptors (Lipinski definition) is 5. The summed E-state index contributed by atoms with van der Waals surface area (Å²) in [4.78, 5) is 12.2. The lowest BCUT2D eigenvalue weighted by molar-refractivity contribution is -0.195. The molecule has 2 aliphatic carbocycles. The summed E-state index contributed by atoms with van der Waals surface area (Å²) in [6.07, 6.45) is 4.57. The zero-order valence-corrected chi connectivity index (χ0v) is 15.4. The van der Waals surface area contributed by atoms with E-state index < -0.39 is 29.2 Å². The fraction of sp³-hybridized carbons (Fsp3) is 0.550. The molecule has 1 aromatic heterocycles. The van der Waals surface area contributed by atoms with Crippen LogP contribution < -0.4 is 0 Å². The van der Waals surface area contributed by atoms with Gasteiger partial charge in [-0.15, -0.1) is 0 Å². The van der Waals surface area contributed by atoms with Gasteiger partial charge in [-0.3, -0.25) is 0 Å². The number of rotatable bonds is 2. The summed E-state index contributed by atoms with van der Waals surface area (Å²) in [6, 6.07) is 0. The van der Waals surface area contributed by atoms with Gasteiger partial charge in [0.2, 0.25) is 0 Å². The Morgan fingerprint density at radius 3 is 2.76 bits per heavy atom. The number of aryl methyl sites for hydroxylation is 1. The summed E-state index contributed by atoms with van der Waals surface area (Å²) >= 11 is 0. The quantitative estimate of drug-likeness (QED) is 0.488. The molecule has 0 bridgehead atoms. The number of aliphatic hydroxyl groups excluding tert-OH is 1. The highest BCUT2D eigenvalue weighted by atomic mass is 16.6. The van der Waals surface area contributed by atoms with Crippen LogP contribution >= 0.6 is 0 Å². The minimum Gasteiger partial charge on any atom is -0.468 e. The highest BCUT2D eigenvalue weighted by molar-refractivity contribution is 5.87. The van der Waals surface area contributed by atoms with E-state index in [0.717, 1.165) is 22.5 Å². The molecule has 25 heavy (non-hydrogen) atoms. The Bertz CT molecular complexity index is 767. The fourth-order valence-electron chi connectivity index (χ4n) is 4.03. The van der Waals surface area contributed by atoms with Crippen molar-refractivity contribution >= 4 is 5.97 Å². The highest BCUT2D eigenvalue weighted by Crippen LogP contribution is 2.58. The smallest absolute Gasteiger partial charge is 0.333 e. The van der Waals surface area contributed by atoms with E-state index in [2.05, 4.69) is 0 Å². The van der Waals surface area contributed by atoms with E-state index in [9.17, 15) is 15.0 Å². The first kappa shape index (κ1) is 18.0. The Labute approximate surface area is 148 Å². The van der Waals surface area contributed by atoms with E-state index in [1.807, 2.05) is 19.9 Å². The zero-order chi connectivity index (χ0) is 18.6. The molecule has 0 amide bonds. The first-order valence-corrected chi connectivity index (χ1v) is 8.65. The van der Waals surface area contributed by atoms with Crippen LogP contribution in [0.1, 0.15) is 57.1 Å². The molecular formula is C20H26O5. The topological polar surface area (TPSA) is 79.9 Å². The molecule has 0 aromatic carbocycles. The van der Waals surface area contributed by atoms with Crippen molar-refractivity contribution in [1.29, 1.82) is 0 Å². The van der Waals surface area contributed by atoms with Crippen molar-refractivity contribution in [3.63, 3.8) is 0 Å². The molecule has 0 spiro atoms. The molecule has 5 heteroatoms. The maximum atomic E-state index is 12.2. The molecule has 5 nitrogen and oxygen atoms in total. The third kappa shape index (κ3) is 2.41. The third-order valence-electron chi connectivity index (χ3n) is 6.20. The predicted octanol–water partition coefficient (Wildman–Crippen LogP) is 3.14. The molecule has 4 unspecified atom stereocenters. The summed E-state index contributed by atoms with van der Waals surface area (Å²) in [5, 5.41) is 22.5. The van der Waals surface area contributed by atoms with E-state index in [1.54, 1.807) is 33.1 Å². The average molecular weight is 346 g/mol. The molecule has 3 rings (SSSR count). The van der Waals surface area contributed by atoms with Crippen molar-refractivity contribution in [1.82, 2.24) is 0 Å². The van der Waals surface area contributed by atoms with Gasteiger partial charge in [0.05, 0.1) is 17.8 Å². The fourth-order valence-corrected chi connectivity index (χ4v) is 4.03. The maximum absolute atomic E-state index is 12.2.